The zero-order valence-electron chi connectivity index (χ0n) is 12.4. The highest BCUT2D eigenvalue weighted by atomic mass is 28.3. The molecule has 0 aromatic heterocycles. The first-order chi connectivity index (χ1) is 8.67. The van der Waals surface area contributed by atoms with Gasteiger partial charge in [-0.15, -0.1) is 0 Å². The first kappa shape index (κ1) is 15.0. The van der Waals surface area contributed by atoms with E-state index in [1.807, 2.05) is 0 Å². The van der Waals surface area contributed by atoms with Gasteiger partial charge in [0.05, 0.1) is 15.2 Å². The molecule has 1 rings (SSSR count). The minimum Gasteiger partial charge on any atom is -0.497 e. The number of ether oxygens (including phenoxy) is 1. The predicted octanol–water partition coefficient (Wildman–Crippen LogP) is 5.15. The van der Waals surface area contributed by atoms with Crippen molar-refractivity contribution in [1.82, 2.24) is 0 Å². The van der Waals surface area contributed by atoms with Gasteiger partial charge < -0.3 is 4.74 Å². The van der Waals surface area contributed by atoms with Crippen LogP contribution in [0.2, 0.25) is 18.1 Å². The minimum atomic E-state index is -1.29. The summed E-state index contributed by atoms with van der Waals surface area (Å²) in [5, 5.41) is 1.61. The highest BCUT2D eigenvalue weighted by Gasteiger charge is 2.31. The highest BCUT2D eigenvalue weighted by molar-refractivity contribution is 6.96. The first-order valence-electron chi connectivity index (χ1n) is 6.98. The number of allylic oxidation sites excluding steroid dienone is 1. The standard InChI is InChI=1S/C16H26OSi/c1-6-16(18(7-2,8-3)9-4)14-10-12-15(17-5)13-11-14/h6,10-13H,7-9H2,1-5H3/b16-6+. The van der Waals surface area contributed by atoms with Gasteiger partial charge >= 0.3 is 0 Å². The van der Waals surface area contributed by atoms with Crippen LogP contribution in [-0.2, 0) is 0 Å². The fraction of sp³-hybridized carbons (Fsp3) is 0.500. The second-order valence-electron chi connectivity index (χ2n) is 4.77. The van der Waals surface area contributed by atoms with E-state index in [9.17, 15) is 0 Å². The second kappa shape index (κ2) is 6.79. The number of benzene rings is 1. The van der Waals surface area contributed by atoms with E-state index in [4.69, 9.17) is 4.74 Å². The average molecular weight is 262 g/mol. The molecular formula is C16H26OSi. The quantitative estimate of drug-likeness (QED) is 0.644. The van der Waals surface area contributed by atoms with Crippen LogP contribution in [0.3, 0.4) is 0 Å². The maximum atomic E-state index is 5.24. The zero-order chi connectivity index (χ0) is 13.6. The van der Waals surface area contributed by atoms with E-state index in [0.717, 1.165) is 5.75 Å². The maximum absolute atomic E-state index is 5.24. The van der Waals surface area contributed by atoms with E-state index in [1.54, 1.807) is 12.3 Å². The monoisotopic (exact) mass is 262 g/mol. The minimum absolute atomic E-state index is 0.936. The fourth-order valence-corrected chi connectivity index (χ4v) is 6.91. The van der Waals surface area contributed by atoms with Gasteiger partial charge in [-0.25, -0.2) is 0 Å². The summed E-state index contributed by atoms with van der Waals surface area (Å²) in [7, 11) is 0.422. The lowest BCUT2D eigenvalue weighted by atomic mass is 10.2. The van der Waals surface area contributed by atoms with Gasteiger partial charge in [0.25, 0.3) is 0 Å². The topological polar surface area (TPSA) is 9.23 Å². The average Bonchev–Trinajstić information content (AvgIpc) is 2.45. The Balaban J connectivity index is 3.16. The molecule has 0 fully saturated rings. The number of hydrogen-bond acceptors (Lipinski definition) is 1. The molecule has 0 heterocycles. The van der Waals surface area contributed by atoms with Crippen molar-refractivity contribution in [3.05, 3.63) is 35.9 Å². The summed E-state index contributed by atoms with van der Waals surface area (Å²) >= 11 is 0. The van der Waals surface area contributed by atoms with Gasteiger partial charge in [0.15, 0.2) is 0 Å². The van der Waals surface area contributed by atoms with Crippen molar-refractivity contribution < 1.29 is 4.74 Å². The van der Waals surface area contributed by atoms with E-state index >= 15 is 0 Å². The molecule has 1 aromatic rings. The third-order valence-electron chi connectivity index (χ3n) is 4.29. The maximum Gasteiger partial charge on any atom is 0.118 e. The van der Waals surface area contributed by atoms with Crippen LogP contribution < -0.4 is 4.74 Å². The molecule has 0 amide bonds. The van der Waals surface area contributed by atoms with Crippen molar-refractivity contribution in [3.63, 3.8) is 0 Å². The van der Waals surface area contributed by atoms with Crippen LogP contribution in [0.5, 0.6) is 5.75 Å². The fourth-order valence-electron chi connectivity index (χ4n) is 2.87. The van der Waals surface area contributed by atoms with E-state index < -0.39 is 8.07 Å². The van der Waals surface area contributed by atoms with E-state index in [2.05, 4.69) is 58.0 Å². The summed E-state index contributed by atoms with van der Waals surface area (Å²) < 4.78 is 5.24. The summed E-state index contributed by atoms with van der Waals surface area (Å²) in [5.74, 6) is 0.936. The molecule has 0 N–H and O–H groups in total. The Labute approximate surface area is 113 Å². The summed E-state index contributed by atoms with van der Waals surface area (Å²) in [5.41, 5.74) is 1.38. The molecule has 0 aliphatic carbocycles. The molecule has 100 valence electrons. The Morgan fingerprint density at radius 1 is 1.06 bits per heavy atom. The van der Waals surface area contributed by atoms with Crippen LogP contribution in [0.4, 0.5) is 0 Å². The molecule has 0 saturated carbocycles. The summed E-state index contributed by atoms with van der Waals surface area (Å²) in [6, 6.07) is 12.5. The normalized spacial score (nSPS) is 12.6. The molecule has 0 unspecified atom stereocenters. The third-order valence-corrected chi connectivity index (χ3v) is 10.1. The summed E-state index contributed by atoms with van der Waals surface area (Å²) in [6.45, 7) is 9.24. The van der Waals surface area contributed by atoms with Crippen molar-refractivity contribution in [2.45, 2.75) is 45.8 Å². The highest BCUT2D eigenvalue weighted by Crippen LogP contribution is 2.35. The van der Waals surface area contributed by atoms with Crippen molar-refractivity contribution in [1.29, 1.82) is 0 Å². The third kappa shape index (κ3) is 2.86. The molecule has 1 nitrogen and oxygen atoms in total. The predicted molar refractivity (Wildman–Crippen MR) is 83.8 cm³/mol. The Bertz CT molecular complexity index is 380. The van der Waals surface area contributed by atoms with Gasteiger partial charge in [-0.2, -0.15) is 0 Å². The zero-order valence-corrected chi connectivity index (χ0v) is 13.4. The SMILES string of the molecule is C/C=C(\c1ccc(OC)cc1)[Si](CC)(CC)CC. The Morgan fingerprint density at radius 3 is 1.89 bits per heavy atom. The molecular weight excluding hydrogens is 236 g/mol. The lowest BCUT2D eigenvalue weighted by Gasteiger charge is -2.31. The Morgan fingerprint density at radius 2 is 1.56 bits per heavy atom. The number of hydrogen-bond donors (Lipinski definition) is 0. The number of rotatable bonds is 6. The second-order valence-corrected chi connectivity index (χ2v) is 9.99. The molecule has 0 spiro atoms. The van der Waals surface area contributed by atoms with Gasteiger partial charge in [0.1, 0.15) is 5.75 Å². The molecule has 2 heteroatoms. The Kier molecular flexibility index (Phi) is 5.67. The molecule has 0 aliphatic heterocycles. The van der Waals surface area contributed by atoms with Crippen LogP contribution in [0.15, 0.2) is 30.3 Å². The lowest BCUT2D eigenvalue weighted by Crippen LogP contribution is -2.33. The van der Waals surface area contributed by atoms with Crippen LogP contribution in [0.25, 0.3) is 5.20 Å². The van der Waals surface area contributed by atoms with Gasteiger partial charge in [-0.05, 0) is 24.6 Å². The van der Waals surface area contributed by atoms with Crippen LogP contribution in [0.1, 0.15) is 33.3 Å². The molecule has 0 atom stereocenters. The molecule has 18 heavy (non-hydrogen) atoms. The largest absolute Gasteiger partial charge is 0.497 e. The van der Waals surface area contributed by atoms with Gasteiger partial charge in [-0.3, -0.25) is 0 Å². The van der Waals surface area contributed by atoms with Crippen molar-refractivity contribution in [2.24, 2.45) is 0 Å². The van der Waals surface area contributed by atoms with Crippen LogP contribution in [0, 0.1) is 0 Å². The van der Waals surface area contributed by atoms with Crippen LogP contribution in [-0.4, -0.2) is 15.2 Å². The van der Waals surface area contributed by atoms with Gasteiger partial charge in [0, 0.05) is 0 Å². The van der Waals surface area contributed by atoms with E-state index in [-0.39, 0.29) is 0 Å². The number of methoxy groups -OCH3 is 1. The lowest BCUT2D eigenvalue weighted by molar-refractivity contribution is 0.415. The van der Waals surface area contributed by atoms with Gasteiger partial charge in [0.2, 0.25) is 0 Å². The van der Waals surface area contributed by atoms with E-state index in [1.165, 1.54) is 23.7 Å². The molecule has 0 aliphatic rings. The molecule has 0 saturated heterocycles. The van der Waals surface area contributed by atoms with Crippen LogP contribution >= 0.6 is 0 Å². The molecule has 0 radical (unpaired) electrons. The summed E-state index contributed by atoms with van der Waals surface area (Å²) in [4.78, 5) is 0. The van der Waals surface area contributed by atoms with Gasteiger partial charge in [-0.1, -0.05) is 62.3 Å². The van der Waals surface area contributed by atoms with Crippen molar-refractivity contribution in [3.8, 4) is 5.75 Å². The van der Waals surface area contributed by atoms with E-state index in [0.29, 0.717) is 0 Å². The van der Waals surface area contributed by atoms with Crippen molar-refractivity contribution in [2.75, 3.05) is 7.11 Å². The molecule has 1 aromatic carbocycles. The molecule has 0 bridgehead atoms. The van der Waals surface area contributed by atoms with Crippen molar-refractivity contribution >= 4 is 13.3 Å². The smallest absolute Gasteiger partial charge is 0.118 e. The first-order valence-corrected chi connectivity index (χ1v) is 9.60. The Hall–Kier alpha value is -1.02. The summed E-state index contributed by atoms with van der Waals surface area (Å²) in [6.07, 6.45) is 2.34.